The van der Waals surface area contributed by atoms with Gasteiger partial charge in [0, 0.05) is 28.1 Å². The van der Waals surface area contributed by atoms with Gasteiger partial charge in [-0.25, -0.2) is 9.97 Å². The molecule has 2 N–H and O–H groups in total. The van der Waals surface area contributed by atoms with E-state index >= 15 is 0 Å². The molecule has 1 aromatic heterocycles. The number of nitrogens with zero attached hydrogens (tertiary/aromatic N) is 2. The van der Waals surface area contributed by atoms with Crippen molar-refractivity contribution >= 4 is 23.5 Å². The van der Waals surface area contributed by atoms with Gasteiger partial charge in [-0.05, 0) is 38.3 Å². The summed E-state index contributed by atoms with van der Waals surface area (Å²) in [5, 5.41) is 1.04. The molecule has 1 aromatic rings. The number of nitrogens with two attached hydrogens (primary N) is 1. The quantitative estimate of drug-likeness (QED) is 0.926. The predicted molar refractivity (Wildman–Crippen MR) is 90.5 cm³/mol. The molecule has 0 radical (unpaired) electrons. The fourth-order valence-corrected chi connectivity index (χ4v) is 5.23. The molecule has 1 fully saturated rings. The zero-order valence-corrected chi connectivity index (χ0v) is 14.5. The summed E-state index contributed by atoms with van der Waals surface area (Å²) < 4.78 is 0. The van der Waals surface area contributed by atoms with Gasteiger partial charge in [-0.3, -0.25) is 0 Å². The van der Waals surface area contributed by atoms with Crippen molar-refractivity contribution in [2.45, 2.75) is 44.6 Å². The lowest BCUT2D eigenvalue weighted by molar-refractivity contribution is 0.584. The molecule has 2 rings (SSSR count). The van der Waals surface area contributed by atoms with E-state index in [0.29, 0.717) is 23.0 Å². The first-order valence-corrected chi connectivity index (χ1v) is 9.40. The van der Waals surface area contributed by atoms with E-state index in [-0.39, 0.29) is 0 Å². The molecule has 1 aliphatic heterocycles. The molecule has 0 saturated carbocycles. The summed E-state index contributed by atoms with van der Waals surface area (Å²) in [4.78, 5) is 9.62. The Morgan fingerprint density at radius 1 is 1.20 bits per heavy atom. The minimum atomic E-state index is 0.437. The second kappa shape index (κ2) is 7.14. The van der Waals surface area contributed by atoms with E-state index in [2.05, 4.69) is 27.7 Å². The number of rotatable bonds is 4. The first-order chi connectivity index (χ1) is 9.52. The summed E-state index contributed by atoms with van der Waals surface area (Å²) in [6.45, 7) is 9.42. The van der Waals surface area contributed by atoms with Crippen LogP contribution in [0.4, 0.5) is 0 Å². The molecule has 3 nitrogen and oxygen atoms in total. The topological polar surface area (TPSA) is 51.8 Å². The molecule has 3 atom stereocenters. The van der Waals surface area contributed by atoms with E-state index in [1.807, 2.05) is 23.5 Å². The van der Waals surface area contributed by atoms with Crippen LogP contribution < -0.4 is 5.73 Å². The van der Waals surface area contributed by atoms with Crippen LogP contribution in [0.1, 0.15) is 41.9 Å². The van der Waals surface area contributed by atoms with Crippen LogP contribution in [0.15, 0.2) is 0 Å². The Morgan fingerprint density at radius 2 is 1.80 bits per heavy atom. The van der Waals surface area contributed by atoms with E-state index in [0.717, 1.165) is 23.6 Å². The molecule has 0 aromatic carbocycles. The Kier molecular flexibility index (Phi) is 5.75. The lowest BCUT2D eigenvalue weighted by atomic mass is 9.99. The maximum absolute atomic E-state index is 5.74. The summed E-state index contributed by atoms with van der Waals surface area (Å²) >= 11 is 4.03. The van der Waals surface area contributed by atoms with Gasteiger partial charge in [-0.2, -0.15) is 11.8 Å². The molecule has 2 heterocycles. The standard InChI is InChI=1S/C15H25N3S2/c1-9(8-16)7-13-10(2)17-15(18-11(13)3)14-12(4)19-5-6-20-14/h9,12,14H,5-8,16H2,1-4H3. The monoisotopic (exact) mass is 311 g/mol. The Labute approximate surface area is 130 Å². The van der Waals surface area contributed by atoms with E-state index in [1.165, 1.54) is 17.1 Å². The molecule has 0 amide bonds. The van der Waals surface area contributed by atoms with Crippen LogP contribution in [0.5, 0.6) is 0 Å². The fraction of sp³-hybridized carbons (Fsp3) is 0.733. The predicted octanol–water partition coefficient (Wildman–Crippen LogP) is 3.14. The smallest absolute Gasteiger partial charge is 0.142 e. The summed E-state index contributed by atoms with van der Waals surface area (Å²) in [5.41, 5.74) is 9.29. The second-order valence-electron chi connectivity index (χ2n) is 5.64. The zero-order valence-electron chi connectivity index (χ0n) is 12.8. The summed E-state index contributed by atoms with van der Waals surface area (Å²) in [6.07, 6.45) is 0.983. The van der Waals surface area contributed by atoms with Crippen molar-refractivity contribution in [3.05, 3.63) is 22.8 Å². The number of aryl methyl sites for hydroxylation is 2. The first-order valence-electron chi connectivity index (χ1n) is 7.30. The van der Waals surface area contributed by atoms with Crippen LogP contribution in [0.25, 0.3) is 0 Å². The van der Waals surface area contributed by atoms with Gasteiger partial charge >= 0.3 is 0 Å². The average molecular weight is 312 g/mol. The van der Waals surface area contributed by atoms with Crippen molar-refractivity contribution < 1.29 is 0 Å². The van der Waals surface area contributed by atoms with Crippen LogP contribution >= 0.6 is 23.5 Å². The van der Waals surface area contributed by atoms with Crippen molar-refractivity contribution in [3.8, 4) is 0 Å². The Morgan fingerprint density at radius 3 is 2.35 bits per heavy atom. The SMILES string of the molecule is Cc1nc(C2SCCSC2C)nc(C)c1CC(C)CN. The first kappa shape index (κ1) is 16.1. The normalized spacial score (nSPS) is 24.6. The molecule has 112 valence electrons. The third kappa shape index (κ3) is 3.68. The molecule has 1 saturated heterocycles. The van der Waals surface area contributed by atoms with Crippen molar-refractivity contribution in [2.24, 2.45) is 11.7 Å². The van der Waals surface area contributed by atoms with Gasteiger partial charge in [0.2, 0.25) is 0 Å². The van der Waals surface area contributed by atoms with Gasteiger partial charge in [0.05, 0.1) is 5.25 Å². The molecular weight excluding hydrogens is 286 g/mol. The maximum Gasteiger partial charge on any atom is 0.142 e. The molecule has 0 spiro atoms. The molecule has 0 bridgehead atoms. The molecule has 3 unspecified atom stereocenters. The number of hydrogen-bond acceptors (Lipinski definition) is 5. The van der Waals surface area contributed by atoms with E-state index in [9.17, 15) is 0 Å². The highest BCUT2D eigenvalue weighted by molar-refractivity contribution is 8.06. The minimum absolute atomic E-state index is 0.437. The lowest BCUT2D eigenvalue weighted by Gasteiger charge is -2.27. The second-order valence-corrected chi connectivity index (χ2v) is 8.38. The highest BCUT2D eigenvalue weighted by Crippen LogP contribution is 2.41. The third-order valence-electron chi connectivity index (χ3n) is 3.84. The molecular formula is C15H25N3S2. The summed E-state index contributed by atoms with van der Waals surface area (Å²) in [7, 11) is 0. The highest BCUT2D eigenvalue weighted by Gasteiger charge is 2.27. The van der Waals surface area contributed by atoms with E-state index in [1.54, 1.807) is 0 Å². The molecule has 5 heteroatoms. The minimum Gasteiger partial charge on any atom is -0.330 e. The molecule has 20 heavy (non-hydrogen) atoms. The van der Waals surface area contributed by atoms with E-state index < -0.39 is 0 Å². The Bertz CT molecular complexity index is 441. The van der Waals surface area contributed by atoms with Gasteiger partial charge in [0.1, 0.15) is 5.82 Å². The largest absolute Gasteiger partial charge is 0.330 e. The number of thioether (sulfide) groups is 2. The van der Waals surface area contributed by atoms with Crippen LogP contribution in [-0.2, 0) is 6.42 Å². The summed E-state index contributed by atoms with van der Waals surface area (Å²) in [5.74, 6) is 3.95. The van der Waals surface area contributed by atoms with Gasteiger partial charge in [0.25, 0.3) is 0 Å². The van der Waals surface area contributed by atoms with Gasteiger partial charge < -0.3 is 5.73 Å². The van der Waals surface area contributed by atoms with Crippen molar-refractivity contribution in [2.75, 3.05) is 18.1 Å². The highest BCUT2D eigenvalue weighted by atomic mass is 32.2. The molecule has 0 aliphatic carbocycles. The van der Waals surface area contributed by atoms with Gasteiger partial charge in [-0.15, -0.1) is 11.8 Å². The number of hydrogen-bond donors (Lipinski definition) is 1. The fourth-order valence-electron chi connectivity index (χ4n) is 2.54. The van der Waals surface area contributed by atoms with Crippen LogP contribution in [-0.4, -0.2) is 33.3 Å². The van der Waals surface area contributed by atoms with Crippen molar-refractivity contribution in [1.82, 2.24) is 9.97 Å². The Balaban J connectivity index is 2.25. The summed E-state index contributed by atoms with van der Waals surface area (Å²) in [6, 6.07) is 0. The van der Waals surface area contributed by atoms with E-state index in [4.69, 9.17) is 15.7 Å². The number of aromatic nitrogens is 2. The van der Waals surface area contributed by atoms with Crippen LogP contribution in [0.3, 0.4) is 0 Å². The van der Waals surface area contributed by atoms with Crippen LogP contribution in [0.2, 0.25) is 0 Å². The van der Waals surface area contributed by atoms with Gasteiger partial charge in [-0.1, -0.05) is 13.8 Å². The Hall–Kier alpha value is -0.260. The zero-order chi connectivity index (χ0) is 14.7. The van der Waals surface area contributed by atoms with Gasteiger partial charge in [0.15, 0.2) is 0 Å². The molecule has 1 aliphatic rings. The average Bonchev–Trinajstić information content (AvgIpc) is 2.42. The van der Waals surface area contributed by atoms with Crippen LogP contribution in [0, 0.1) is 19.8 Å². The lowest BCUT2D eigenvalue weighted by Crippen LogP contribution is -2.20. The third-order valence-corrected chi connectivity index (χ3v) is 6.92. The van der Waals surface area contributed by atoms with Crippen molar-refractivity contribution in [1.29, 1.82) is 0 Å². The van der Waals surface area contributed by atoms with Crippen molar-refractivity contribution in [3.63, 3.8) is 0 Å². The maximum atomic E-state index is 5.74.